The Morgan fingerprint density at radius 1 is 1.30 bits per heavy atom. The summed E-state index contributed by atoms with van der Waals surface area (Å²) in [6.45, 7) is 3.05. The van der Waals surface area contributed by atoms with Crippen molar-refractivity contribution in [2.75, 3.05) is 13.7 Å². The van der Waals surface area contributed by atoms with Crippen LogP contribution in [0.1, 0.15) is 24.7 Å². The molecule has 0 radical (unpaired) electrons. The normalized spacial score (nSPS) is 10.7. The molecule has 2 aromatic rings. The summed E-state index contributed by atoms with van der Waals surface area (Å²) in [6.07, 6.45) is 5.71. The Kier molecular flexibility index (Phi) is 6.29. The summed E-state index contributed by atoms with van der Waals surface area (Å²) in [5.74, 6) is 1.88. The topological polar surface area (TPSA) is 60.7 Å². The van der Waals surface area contributed by atoms with Crippen LogP contribution in [0.15, 0.2) is 47.1 Å². The minimum absolute atomic E-state index is 0.188. The number of hydrogen-bond donors (Lipinski definition) is 1. The second-order valence-electron chi connectivity index (χ2n) is 4.89. The maximum Gasteiger partial charge on any atom is 0.244 e. The second-order valence-corrected chi connectivity index (χ2v) is 4.89. The lowest BCUT2D eigenvalue weighted by molar-refractivity contribution is -0.116. The molecule has 0 aliphatic rings. The van der Waals surface area contributed by atoms with Gasteiger partial charge in [-0.15, -0.1) is 0 Å². The van der Waals surface area contributed by atoms with Crippen LogP contribution in [0.4, 0.5) is 0 Å². The summed E-state index contributed by atoms with van der Waals surface area (Å²) < 4.78 is 16.1. The number of nitrogens with one attached hydrogen (secondary N) is 1. The van der Waals surface area contributed by atoms with Crippen molar-refractivity contribution in [3.63, 3.8) is 0 Å². The molecule has 0 saturated heterocycles. The van der Waals surface area contributed by atoms with E-state index < -0.39 is 0 Å². The fraction of sp³-hybridized carbons (Fsp3) is 0.278. The number of hydrogen-bond acceptors (Lipinski definition) is 4. The van der Waals surface area contributed by atoms with E-state index in [0.29, 0.717) is 30.4 Å². The van der Waals surface area contributed by atoms with Gasteiger partial charge >= 0.3 is 0 Å². The number of carbonyl (C=O) groups is 1. The quantitative estimate of drug-likeness (QED) is 0.758. The molecule has 5 nitrogen and oxygen atoms in total. The van der Waals surface area contributed by atoms with Gasteiger partial charge in [0, 0.05) is 6.08 Å². The van der Waals surface area contributed by atoms with Crippen LogP contribution >= 0.6 is 0 Å². The van der Waals surface area contributed by atoms with Crippen molar-refractivity contribution in [3.05, 3.63) is 54.0 Å². The van der Waals surface area contributed by atoms with Crippen LogP contribution in [-0.2, 0) is 11.3 Å². The van der Waals surface area contributed by atoms with Gasteiger partial charge in [-0.3, -0.25) is 4.79 Å². The van der Waals surface area contributed by atoms with E-state index in [9.17, 15) is 4.79 Å². The molecule has 0 aliphatic carbocycles. The SMILES string of the molecule is CCCOc1ccc(/C=C/C(=O)NCc2ccco2)cc1OC. The molecular formula is C18H21NO4. The smallest absolute Gasteiger partial charge is 0.244 e. The van der Waals surface area contributed by atoms with Crippen LogP contribution in [0.2, 0.25) is 0 Å². The standard InChI is InChI=1S/C18H21NO4/c1-3-10-23-16-8-6-14(12-17(16)21-2)7-9-18(20)19-13-15-5-4-11-22-15/h4-9,11-12H,3,10,13H2,1-2H3,(H,19,20)/b9-7+. The number of carbonyl (C=O) groups excluding carboxylic acids is 1. The Hall–Kier alpha value is -2.69. The minimum atomic E-state index is -0.188. The number of methoxy groups -OCH3 is 1. The van der Waals surface area contributed by atoms with Gasteiger partial charge in [-0.1, -0.05) is 13.0 Å². The zero-order valence-electron chi connectivity index (χ0n) is 13.4. The lowest BCUT2D eigenvalue weighted by Gasteiger charge is -2.10. The molecule has 0 bridgehead atoms. The molecule has 0 saturated carbocycles. The third-order valence-electron chi connectivity index (χ3n) is 3.09. The summed E-state index contributed by atoms with van der Waals surface area (Å²) in [4.78, 5) is 11.8. The predicted octanol–water partition coefficient (Wildman–Crippen LogP) is 3.41. The Balaban J connectivity index is 1.94. The van der Waals surface area contributed by atoms with Gasteiger partial charge in [-0.2, -0.15) is 0 Å². The van der Waals surface area contributed by atoms with E-state index in [1.807, 2.05) is 31.2 Å². The van der Waals surface area contributed by atoms with E-state index in [-0.39, 0.29) is 5.91 Å². The van der Waals surface area contributed by atoms with Crippen molar-refractivity contribution >= 4 is 12.0 Å². The van der Waals surface area contributed by atoms with Gasteiger partial charge in [0.2, 0.25) is 5.91 Å². The van der Waals surface area contributed by atoms with Crippen molar-refractivity contribution in [3.8, 4) is 11.5 Å². The van der Waals surface area contributed by atoms with E-state index >= 15 is 0 Å². The van der Waals surface area contributed by atoms with Crippen LogP contribution in [0.3, 0.4) is 0 Å². The molecule has 1 aromatic heterocycles. The number of amides is 1. The molecule has 0 unspecified atom stereocenters. The highest BCUT2D eigenvalue weighted by Gasteiger charge is 2.05. The molecule has 1 amide bonds. The number of rotatable bonds is 8. The van der Waals surface area contributed by atoms with E-state index in [0.717, 1.165) is 12.0 Å². The molecular weight excluding hydrogens is 294 g/mol. The summed E-state index contributed by atoms with van der Waals surface area (Å²) in [6, 6.07) is 9.15. The van der Waals surface area contributed by atoms with Gasteiger partial charge < -0.3 is 19.2 Å². The molecule has 1 aromatic carbocycles. The van der Waals surface area contributed by atoms with Crippen LogP contribution in [-0.4, -0.2) is 19.6 Å². The van der Waals surface area contributed by atoms with Gasteiger partial charge in [-0.05, 0) is 42.3 Å². The van der Waals surface area contributed by atoms with Crippen molar-refractivity contribution in [1.29, 1.82) is 0 Å². The molecule has 0 fully saturated rings. The molecule has 0 aliphatic heterocycles. The van der Waals surface area contributed by atoms with Crippen LogP contribution < -0.4 is 14.8 Å². The first-order valence-corrected chi connectivity index (χ1v) is 7.52. The summed E-state index contributed by atoms with van der Waals surface area (Å²) in [7, 11) is 1.59. The Morgan fingerprint density at radius 3 is 2.87 bits per heavy atom. The highest BCUT2D eigenvalue weighted by molar-refractivity contribution is 5.91. The maximum atomic E-state index is 11.8. The molecule has 1 N–H and O–H groups in total. The van der Waals surface area contributed by atoms with Gasteiger partial charge in [0.15, 0.2) is 11.5 Å². The summed E-state index contributed by atoms with van der Waals surface area (Å²) >= 11 is 0. The number of ether oxygens (including phenoxy) is 2. The average Bonchev–Trinajstić information content (AvgIpc) is 3.10. The minimum Gasteiger partial charge on any atom is -0.493 e. The summed E-state index contributed by atoms with van der Waals surface area (Å²) in [5, 5.41) is 2.75. The highest BCUT2D eigenvalue weighted by atomic mass is 16.5. The predicted molar refractivity (Wildman–Crippen MR) is 88.4 cm³/mol. The first-order chi connectivity index (χ1) is 11.2. The number of furan rings is 1. The van der Waals surface area contributed by atoms with Crippen molar-refractivity contribution in [1.82, 2.24) is 5.32 Å². The zero-order valence-corrected chi connectivity index (χ0v) is 13.4. The zero-order chi connectivity index (χ0) is 16.5. The van der Waals surface area contributed by atoms with Crippen LogP contribution in [0.5, 0.6) is 11.5 Å². The Bertz CT molecular complexity index is 647. The van der Waals surface area contributed by atoms with Crippen molar-refractivity contribution in [2.45, 2.75) is 19.9 Å². The molecule has 122 valence electrons. The molecule has 0 atom stereocenters. The van der Waals surface area contributed by atoms with Crippen LogP contribution in [0.25, 0.3) is 6.08 Å². The van der Waals surface area contributed by atoms with Gasteiger partial charge in [-0.25, -0.2) is 0 Å². The first-order valence-electron chi connectivity index (χ1n) is 7.52. The molecule has 1 heterocycles. The lowest BCUT2D eigenvalue weighted by Crippen LogP contribution is -2.19. The third kappa shape index (κ3) is 5.21. The molecule has 5 heteroatoms. The lowest BCUT2D eigenvalue weighted by atomic mass is 10.2. The number of benzene rings is 1. The largest absolute Gasteiger partial charge is 0.493 e. The van der Waals surface area contributed by atoms with Gasteiger partial charge in [0.1, 0.15) is 5.76 Å². The maximum absolute atomic E-state index is 11.8. The van der Waals surface area contributed by atoms with E-state index in [1.54, 1.807) is 25.5 Å². The Morgan fingerprint density at radius 2 is 2.17 bits per heavy atom. The monoisotopic (exact) mass is 315 g/mol. The average molecular weight is 315 g/mol. The van der Waals surface area contributed by atoms with Gasteiger partial charge in [0.25, 0.3) is 0 Å². The molecule has 0 spiro atoms. The third-order valence-corrected chi connectivity index (χ3v) is 3.09. The molecule has 23 heavy (non-hydrogen) atoms. The second kappa shape index (κ2) is 8.68. The Labute approximate surface area is 135 Å². The molecule has 2 rings (SSSR count). The van der Waals surface area contributed by atoms with Crippen LogP contribution in [0, 0.1) is 0 Å². The highest BCUT2D eigenvalue weighted by Crippen LogP contribution is 2.28. The van der Waals surface area contributed by atoms with Gasteiger partial charge in [0.05, 0.1) is 26.5 Å². The van der Waals surface area contributed by atoms with Crippen molar-refractivity contribution in [2.24, 2.45) is 0 Å². The fourth-order valence-electron chi connectivity index (χ4n) is 1.94. The van der Waals surface area contributed by atoms with E-state index in [1.165, 1.54) is 6.08 Å². The van der Waals surface area contributed by atoms with E-state index in [4.69, 9.17) is 13.9 Å². The fourth-order valence-corrected chi connectivity index (χ4v) is 1.94. The summed E-state index contributed by atoms with van der Waals surface area (Å²) in [5.41, 5.74) is 0.860. The first kappa shape index (κ1) is 16.7. The van der Waals surface area contributed by atoms with Crippen molar-refractivity contribution < 1.29 is 18.7 Å². The van der Waals surface area contributed by atoms with E-state index in [2.05, 4.69) is 5.32 Å².